The fourth-order valence-corrected chi connectivity index (χ4v) is 8.19. The van der Waals surface area contributed by atoms with E-state index in [1.165, 1.54) is 43.9 Å². The summed E-state index contributed by atoms with van der Waals surface area (Å²) >= 11 is 1.27. The van der Waals surface area contributed by atoms with Gasteiger partial charge >= 0.3 is 29.2 Å². The summed E-state index contributed by atoms with van der Waals surface area (Å²) in [7, 11) is -12.4. The number of phosphoric ester groups is 1. The van der Waals surface area contributed by atoms with Crippen molar-refractivity contribution in [2.45, 2.75) is 30.4 Å². The molecule has 0 spiro atoms. The predicted molar refractivity (Wildman–Crippen MR) is 168 cm³/mol. The average molecular weight is 762 g/mol. The van der Waals surface area contributed by atoms with Crippen molar-refractivity contribution in [1.82, 2.24) is 9.55 Å². The molecule has 0 amide bonds. The molecule has 48 heavy (non-hydrogen) atoms. The molecule has 5 atom stereocenters. The van der Waals surface area contributed by atoms with Crippen molar-refractivity contribution < 1.29 is 70.1 Å². The molecule has 1 aromatic heterocycles. The van der Waals surface area contributed by atoms with E-state index < -0.39 is 59.6 Å². The van der Waals surface area contributed by atoms with E-state index in [0.29, 0.717) is 28.6 Å². The van der Waals surface area contributed by atoms with E-state index in [-0.39, 0.29) is 31.1 Å². The molecule has 7 N–H and O–H groups in total. The summed E-state index contributed by atoms with van der Waals surface area (Å²) in [5.41, 5.74) is 4.54. The number of hydrogen-bond donors (Lipinski definition) is 6. The number of aromatic nitrogens is 2. The molecule has 3 rings (SSSR count). The lowest BCUT2D eigenvalue weighted by molar-refractivity contribution is -0.127. The number of ether oxygens (including phenoxy) is 5. The van der Waals surface area contributed by atoms with Gasteiger partial charge in [0.2, 0.25) is 0 Å². The van der Waals surface area contributed by atoms with Crippen LogP contribution in [0.3, 0.4) is 0 Å². The predicted octanol–water partition coefficient (Wildman–Crippen LogP) is 0.822. The Hall–Kier alpha value is -2.50. The van der Waals surface area contributed by atoms with Crippen LogP contribution in [0.1, 0.15) is 23.6 Å². The Kier molecular flexibility index (Phi) is 14.5. The van der Waals surface area contributed by atoms with Crippen molar-refractivity contribution in [2.24, 2.45) is 5.73 Å². The van der Waals surface area contributed by atoms with Crippen molar-refractivity contribution in [3.8, 4) is 29.1 Å². The number of phosphoric acid groups is 3. The van der Waals surface area contributed by atoms with E-state index in [2.05, 4.69) is 25.4 Å². The largest absolute Gasteiger partial charge is 0.496 e. The second kappa shape index (κ2) is 17.4. The van der Waals surface area contributed by atoms with Gasteiger partial charge in [0, 0.05) is 29.6 Å². The van der Waals surface area contributed by atoms with E-state index >= 15 is 0 Å². The summed E-state index contributed by atoms with van der Waals surface area (Å²) in [5.74, 6) is 6.89. The zero-order valence-corrected chi connectivity index (χ0v) is 29.1. The van der Waals surface area contributed by atoms with E-state index in [0.717, 1.165) is 0 Å². The highest BCUT2D eigenvalue weighted by molar-refractivity contribution is 7.98. The third-order valence-corrected chi connectivity index (χ3v) is 11.0. The molecule has 1 fully saturated rings. The molecule has 24 heteroatoms. The molecule has 2 heterocycles. The number of nitrogens with two attached hydrogens (primary N) is 1. The van der Waals surface area contributed by atoms with Crippen LogP contribution < -0.4 is 31.2 Å². The minimum absolute atomic E-state index is 0.0153. The van der Waals surface area contributed by atoms with Crippen LogP contribution in [0.25, 0.3) is 0 Å². The number of hydrogen-bond acceptors (Lipinski definition) is 15. The van der Waals surface area contributed by atoms with Crippen LogP contribution >= 0.6 is 35.2 Å². The topological polar surface area (TPSA) is 287 Å². The molecule has 0 saturated carbocycles. The van der Waals surface area contributed by atoms with Gasteiger partial charge in [-0.2, -0.15) is 8.62 Å². The van der Waals surface area contributed by atoms with Gasteiger partial charge in [-0.1, -0.05) is 11.8 Å². The zero-order chi connectivity index (χ0) is 35.7. The molecule has 0 radical (unpaired) electrons. The van der Waals surface area contributed by atoms with Gasteiger partial charge in [-0.25, -0.2) is 18.5 Å². The first kappa shape index (κ1) is 39.9. The van der Waals surface area contributed by atoms with Crippen LogP contribution in [-0.2, 0) is 42.1 Å². The maximum atomic E-state index is 12.7. The van der Waals surface area contributed by atoms with Crippen LogP contribution in [0.4, 0.5) is 0 Å². The lowest BCUT2D eigenvalue weighted by Gasteiger charge is -2.36. The van der Waals surface area contributed by atoms with Crippen molar-refractivity contribution in [1.29, 1.82) is 0 Å². The Morgan fingerprint density at radius 2 is 1.71 bits per heavy atom. The molecule has 20 nitrogen and oxygen atoms in total. The summed E-state index contributed by atoms with van der Waals surface area (Å²) in [5, 5.41) is 0. The highest BCUT2D eigenvalue weighted by atomic mass is 32.2. The molecule has 2 aromatic rings. The summed E-state index contributed by atoms with van der Waals surface area (Å²) in [6.07, 6.45) is -0.860. The number of nitrogens with zero attached hydrogens (tertiary/aromatic N) is 1. The van der Waals surface area contributed by atoms with Gasteiger partial charge in [0.15, 0.2) is 0 Å². The van der Waals surface area contributed by atoms with Gasteiger partial charge in [0.05, 0.1) is 59.2 Å². The average Bonchev–Trinajstić information content (AvgIpc) is 2.99. The molecule has 268 valence electrons. The van der Waals surface area contributed by atoms with Gasteiger partial charge in [-0.05, 0) is 6.42 Å². The normalized spacial score (nSPS) is 20.5. The molecule has 1 aliphatic heterocycles. The van der Waals surface area contributed by atoms with Gasteiger partial charge < -0.3 is 49.0 Å². The number of benzene rings is 1. The third-order valence-electron chi connectivity index (χ3n) is 6.35. The van der Waals surface area contributed by atoms with Crippen LogP contribution in [-0.4, -0.2) is 88.4 Å². The van der Waals surface area contributed by atoms with E-state index in [4.69, 9.17) is 43.7 Å². The SMILES string of the molecule is COc1cc(OC)c(CSCO[C@H]2CC(n3cc(C#CCN)c(=O)[nH]c3=O)CO[C@@H]2COP(=O)(O)OP(=O)(O)OP(=O)(O)O)c(OC)c1. The van der Waals surface area contributed by atoms with E-state index in [9.17, 15) is 33.1 Å². The van der Waals surface area contributed by atoms with Crippen molar-refractivity contribution >= 4 is 35.2 Å². The van der Waals surface area contributed by atoms with Gasteiger partial charge in [-0.3, -0.25) is 18.9 Å². The van der Waals surface area contributed by atoms with Crippen molar-refractivity contribution in [2.75, 3.05) is 47.0 Å². The smallest absolute Gasteiger partial charge is 0.490 e. The van der Waals surface area contributed by atoms with Crippen LogP contribution in [0.15, 0.2) is 27.9 Å². The van der Waals surface area contributed by atoms with Gasteiger partial charge in [0.25, 0.3) is 5.56 Å². The number of rotatable bonds is 16. The Bertz CT molecular complexity index is 1730. The van der Waals surface area contributed by atoms with Crippen molar-refractivity contribution in [3.63, 3.8) is 0 Å². The number of H-pyrrole nitrogens is 1. The second-order valence-corrected chi connectivity index (χ2v) is 14.9. The highest BCUT2D eigenvalue weighted by Gasteiger charge is 2.42. The fourth-order valence-electron chi connectivity index (χ4n) is 4.32. The Morgan fingerprint density at radius 3 is 2.29 bits per heavy atom. The number of aromatic amines is 1. The maximum absolute atomic E-state index is 12.7. The first-order chi connectivity index (χ1) is 22.5. The van der Waals surface area contributed by atoms with Crippen LogP contribution in [0.2, 0.25) is 0 Å². The first-order valence-electron chi connectivity index (χ1n) is 13.4. The Labute approximate surface area is 277 Å². The second-order valence-electron chi connectivity index (χ2n) is 9.55. The minimum atomic E-state index is -5.75. The summed E-state index contributed by atoms with van der Waals surface area (Å²) in [4.78, 5) is 63.9. The van der Waals surface area contributed by atoms with Crippen LogP contribution in [0, 0.1) is 11.8 Å². The Balaban J connectivity index is 1.80. The quantitative estimate of drug-likeness (QED) is 0.0597. The van der Waals surface area contributed by atoms with Crippen molar-refractivity contribution in [3.05, 3.63) is 50.3 Å². The molecule has 1 saturated heterocycles. The lowest BCUT2D eigenvalue weighted by atomic mass is 10.0. The molecule has 0 bridgehead atoms. The van der Waals surface area contributed by atoms with Gasteiger partial charge in [0.1, 0.15) is 28.9 Å². The summed E-state index contributed by atoms with van der Waals surface area (Å²) < 4.78 is 76.4. The molecule has 1 aliphatic rings. The zero-order valence-electron chi connectivity index (χ0n) is 25.6. The highest BCUT2D eigenvalue weighted by Crippen LogP contribution is 2.66. The van der Waals surface area contributed by atoms with E-state index in [1.54, 1.807) is 12.1 Å². The van der Waals surface area contributed by atoms with E-state index in [1.807, 2.05) is 0 Å². The molecular formula is C24H34N3O17P3S. The first-order valence-corrected chi connectivity index (χ1v) is 19.1. The number of thioether (sulfide) groups is 1. The molecule has 1 aromatic carbocycles. The molecule has 0 aliphatic carbocycles. The molecular weight excluding hydrogens is 727 g/mol. The third kappa shape index (κ3) is 11.8. The monoisotopic (exact) mass is 761 g/mol. The molecule has 3 unspecified atom stereocenters. The number of methoxy groups -OCH3 is 3. The minimum Gasteiger partial charge on any atom is -0.496 e. The number of nitrogens with one attached hydrogen (secondary N) is 1. The maximum Gasteiger partial charge on any atom is 0.490 e. The Morgan fingerprint density at radius 1 is 1.04 bits per heavy atom. The van der Waals surface area contributed by atoms with Crippen LogP contribution in [0.5, 0.6) is 17.2 Å². The standard InChI is InChI=1S/C24H34N3O17P3S/c1-37-17-8-19(38-2)18(20(9-17)39-3)13-48-14-41-21-7-16(27-10-15(5-4-6-25)23(28)26-24(27)29)11-40-22(21)12-42-46(33,34)44-47(35,36)43-45(30,31)32/h8-10,16,21-22H,6-7,11-14,25H2,1-3H3,(H,33,34)(H,35,36)(H,26,28,29)(H2,30,31,32)/t16?,21-,22+/m0/s1. The van der Waals surface area contributed by atoms with Gasteiger partial charge in [-0.15, -0.1) is 11.8 Å². The summed E-state index contributed by atoms with van der Waals surface area (Å²) in [6.45, 7) is -1.03. The summed E-state index contributed by atoms with van der Waals surface area (Å²) in [6, 6.07) is 2.60. The fraction of sp³-hybridized carbons (Fsp3) is 0.500. The lowest BCUT2D eigenvalue weighted by Crippen LogP contribution is -2.46.